The Morgan fingerprint density at radius 2 is 1.89 bits per heavy atom. The quantitative estimate of drug-likeness (QED) is 0.743. The minimum absolute atomic E-state index is 0.0396. The molecule has 2 aromatic carbocycles. The summed E-state index contributed by atoms with van der Waals surface area (Å²) in [6.07, 6.45) is 5.36. The Morgan fingerprint density at radius 1 is 1.07 bits per heavy atom. The molecular formula is C22H21N3O3. The number of carboxylic acids is 1. The summed E-state index contributed by atoms with van der Waals surface area (Å²) in [4.78, 5) is 25.8. The monoisotopic (exact) mass is 375 g/mol. The molecule has 1 saturated heterocycles. The van der Waals surface area contributed by atoms with Crippen molar-refractivity contribution in [3.05, 3.63) is 83.7 Å². The SMILES string of the molecule is O=C(O)c1ccc(CC2CCN(C(=O)c3cccc(-n4cccn4)c3)C2)cc1. The van der Waals surface area contributed by atoms with E-state index in [1.165, 1.54) is 0 Å². The Kier molecular flexibility index (Phi) is 4.93. The van der Waals surface area contributed by atoms with Crippen LogP contribution in [0.5, 0.6) is 0 Å². The van der Waals surface area contributed by atoms with Gasteiger partial charge in [0.2, 0.25) is 0 Å². The van der Waals surface area contributed by atoms with E-state index in [2.05, 4.69) is 5.10 Å². The van der Waals surface area contributed by atoms with Gasteiger partial charge in [-0.15, -0.1) is 0 Å². The minimum atomic E-state index is -0.915. The molecule has 1 fully saturated rings. The standard InChI is InChI=1S/C22H21N3O3/c26-21(19-3-1-4-20(14-19)25-11-2-10-23-25)24-12-9-17(15-24)13-16-5-7-18(8-6-16)22(27)28/h1-8,10-11,14,17H,9,12-13,15H2,(H,27,28). The van der Waals surface area contributed by atoms with Crippen molar-refractivity contribution >= 4 is 11.9 Å². The van der Waals surface area contributed by atoms with Crippen molar-refractivity contribution in [2.24, 2.45) is 5.92 Å². The van der Waals surface area contributed by atoms with Crippen molar-refractivity contribution in [2.45, 2.75) is 12.8 Å². The summed E-state index contributed by atoms with van der Waals surface area (Å²) >= 11 is 0. The molecule has 1 aromatic heterocycles. The Balaban J connectivity index is 1.40. The first-order valence-electron chi connectivity index (χ1n) is 9.32. The highest BCUT2D eigenvalue weighted by Crippen LogP contribution is 2.23. The van der Waals surface area contributed by atoms with Gasteiger partial charge in [0.1, 0.15) is 0 Å². The number of nitrogens with zero attached hydrogens (tertiary/aromatic N) is 3. The lowest BCUT2D eigenvalue weighted by Gasteiger charge is -2.17. The Bertz CT molecular complexity index is 981. The molecule has 1 unspecified atom stereocenters. The van der Waals surface area contributed by atoms with Gasteiger partial charge in [0.15, 0.2) is 0 Å². The van der Waals surface area contributed by atoms with Crippen LogP contribution >= 0.6 is 0 Å². The number of amides is 1. The summed E-state index contributed by atoms with van der Waals surface area (Å²) in [7, 11) is 0. The summed E-state index contributed by atoms with van der Waals surface area (Å²) in [6, 6.07) is 16.4. The molecule has 6 heteroatoms. The van der Waals surface area contributed by atoms with Crippen LogP contribution in [0.1, 0.15) is 32.7 Å². The highest BCUT2D eigenvalue weighted by atomic mass is 16.4. The second kappa shape index (κ2) is 7.68. The zero-order valence-electron chi connectivity index (χ0n) is 15.4. The van der Waals surface area contributed by atoms with Crippen molar-refractivity contribution < 1.29 is 14.7 Å². The molecular weight excluding hydrogens is 354 g/mol. The fourth-order valence-electron chi connectivity index (χ4n) is 3.69. The highest BCUT2D eigenvalue weighted by Gasteiger charge is 2.27. The first kappa shape index (κ1) is 18.0. The molecule has 0 radical (unpaired) electrons. The normalized spacial score (nSPS) is 16.3. The van der Waals surface area contributed by atoms with Crippen LogP contribution in [-0.4, -0.2) is 44.8 Å². The van der Waals surface area contributed by atoms with Crippen molar-refractivity contribution in [3.8, 4) is 5.69 Å². The van der Waals surface area contributed by atoms with Gasteiger partial charge < -0.3 is 10.0 Å². The van der Waals surface area contributed by atoms with Crippen LogP contribution in [0.2, 0.25) is 0 Å². The summed E-state index contributed by atoms with van der Waals surface area (Å²) in [5.74, 6) is -0.492. The maximum absolute atomic E-state index is 12.9. The fourth-order valence-corrected chi connectivity index (χ4v) is 3.69. The van der Waals surface area contributed by atoms with E-state index < -0.39 is 5.97 Å². The second-order valence-electron chi connectivity index (χ2n) is 7.11. The lowest BCUT2D eigenvalue weighted by atomic mass is 9.98. The van der Waals surface area contributed by atoms with E-state index in [9.17, 15) is 9.59 Å². The van der Waals surface area contributed by atoms with E-state index >= 15 is 0 Å². The van der Waals surface area contributed by atoms with E-state index in [0.717, 1.165) is 30.6 Å². The molecule has 0 spiro atoms. The first-order valence-corrected chi connectivity index (χ1v) is 9.32. The number of carbonyl (C=O) groups is 2. The third kappa shape index (κ3) is 3.81. The fraction of sp³-hybridized carbons (Fsp3) is 0.227. The molecule has 0 bridgehead atoms. The molecule has 0 aliphatic carbocycles. The van der Waals surface area contributed by atoms with Gasteiger partial charge in [-0.25, -0.2) is 9.48 Å². The smallest absolute Gasteiger partial charge is 0.335 e. The average molecular weight is 375 g/mol. The maximum atomic E-state index is 12.9. The molecule has 142 valence electrons. The number of hydrogen-bond acceptors (Lipinski definition) is 3. The molecule has 1 amide bonds. The van der Waals surface area contributed by atoms with Gasteiger partial charge in [0, 0.05) is 31.0 Å². The van der Waals surface area contributed by atoms with Gasteiger partial charge in [0.05, 0.1) is 11.3 Å². The summed E-state index contributed by atoms with van der Waals surface area (Å²) in [6.45, 7) is 1.45. The van der Waals surface area contributed by atoms with E-state index in [1.807, 2.05) is 53.6 Å². The molecule has 6 nitrogen and oxygen atoms in total. The van der Waals surface area contributed by atoms with Crippen LogP contribution in [0.15, 0.2) is 67.0 Å². The van der Waals surface area contributed by atoms with Gasteiger partial charge >= 0.3 is 5.97 Å². The lowest BCUT2D eigenvalue weighted by molar-refractivity contribution is 0.0696. The average Bonchev–Trinajstić information content (AvgIpc) is 3.40. The number of rotatable bonds is 5. The summed E-state index contributed by atoms with van der Waals surface area (Å²) in [5, 5.41) is 13.2. The third-order valence-corrected chi connectivity index (χ3v) is 5.16. The van der Waals surface area contributed by atoms with E-state index in [-0.39, 0.29) is 5.91 Å². The number of carbonyl (C=O) groups excluding carboxylic acids is 1. The predicted molar refractivity (Wildman–Crippen MR) is 105 cm³/mol. The lowest BCUT2D eigenvalue weighted by Crippen LogP contribution is -2.29. The Hall–Kier alpha value is -3.41. The van der Waals surface area contributed by atoms with Gasteiger partial charge in [-0.1, -0.05) is 18.2 Å². The summed E-state index contributed by atoms with van der Waals surface area (Å²) < 4.78 is 1.74. The summed E-state index contributed by atoms with van der Waals surface area (Å²) in [5.41, 5.74) is 2.93. The molecule has 1 N–H and O–H groups in total. The number of aromatic carboxylic acids is 1. The minimum Gasteiger partial charge on any atom is -0.478 e. The molecule has 0 saturated carbocycles. The van der Waals surface area contributed by atoms with Crippen LogP contribution < -0.4 is 0 Å². The number of likely N-dealkylation sites (tertiary alicyclic amines) is 1. The molecule has 2 heterocycles. The van der Waals surface area contributed by atoms with Gasteiger partial charge in [-0.2, -0.15) is 5.10 Å². The van der Waals surface area contributed by atoms with Crippen molar-refractivity contribution in [1.82, 2.24) is 14.7 Å². The third-order valence-electron chi connectivity index (χ3n) is 5.16. The number of benzene rings is 2. The molecule has 28 heavy (non-hydrogen) atoms. The Labute approximate surface area is 163 Å². The van der Waals surface area contributed by atoms with Gasteiger partial charge in [0.25, 0.3) is 5.91 Å². The van der Waals surface area contributed by atoms with Crippen molar-refractivity contribution in [3.63, 3.8) is 0 Å². The van der Waals surface area contributed by atoms with Crippen LogP contribution in [0.4, 0.5) is 0 Å². The molecule has 1 aliphatic heterocycles. The maximum Gasteiger partial charge on any atom is 0.335 e. The number of carboxylic acid groups (broad SMARTS) is 1. The van der Waals surface area contributed by atoms with Crippen LogP contribution in [0.3, 0.4) is 0 Å². The molecule has 4 rings (SSSR count). The topological polar surface area (TPSA) is 75.4 Å². The van der Waals surface area contributed by atoms with Crippen LogP contribution in [0, 0.1) is 5.92 Å². The van der Waals surface area contributed by atoms with Gasteiger partial charge in [-0.05, 0) is 60.7 Å². The zero-order valence-corrected chi connectivity index (χ0v) is 15.4. The molecule has 3 aromatic rings. The van der Waals surface area contributed by atoms with E-state index in [1.54, 1.807) is 23.0 Å². The number of hydrogen-bond donors (Lipinski definition) is 1. The van der Waals surface area contributed by atoms with Crippen LogP contribution in [-0.2, 0) is 6.42 Å². The van der Waals surface area contributed by atoms with E-state index in [4.69, 9.17) is 5.11 Å². The highest BCUT2D eigenvalue weighted by molar-refractivity contribution is 5.95. The Morgan fingerprint density at radius 3 is 2.61 bits per heavy atom. The number of aromatic nitrogens is 2. The first-order chi connectivity index (χ1) is 13.6. The second-order valence-corrected chi connectivity index (χ2v) is 7.11. The molecule has 1 atom stereocenters. The van der Waals surface area contributed by atoms with Crippen molar-refractivity contribution in [2.75, 3.05) is 13.1 Å². The largest absolute Gasteiger partial charge is 0.478 e. The van der Waals surface area contributed by atoms with E-state index in [0.29, 0.717) is 23.6 Å². The predicted octanol–water partition coefficient (Wildman–Crippen LogP) is 3.28. The van der Waals surface area contributed by atoms with Crippen LogP contribution in [0.25, 0.3) is 5.69 Å². The van der Waals surface area contributed by atoms with Gasteiger partial charge in [-0.3, -0.25) is 4.79 Å². The van der Waals surface area contributed by atoms with Crippen molar-refractivity contribution in [1.29, 1.82) is 0 Å². The molecule has 1 aliphatic rings. The zero-order chi connectivity index (χ0) is 19.5.